The minimum absolute atomic E-state index is 0.0854. The van der Waals surface area contributed by atoms with Gasteiger partial charge in [0.15, 0.2) is 0 Å². The molecule has 22 heavy (non-hydrogen) atoms. The van der Waals surface area contributed by atoms with E-state index >= 15 is 0 Å². The van der Waals surface area contributed by atoms with Crippen molar-refractivity contribution in [3.8, 4) is 0 Å². The van der Waals surface area contributed by atoms with E-state index in [-0.39, 0.29) is 12.1 Å². The molecule has 0 saturated carbocycles. The molecule has 2 atom stereocenters. The summed E-state index contributed by atoms with van der Waals surface area (Å²) in [6.45, 7) is 6.90. The molecule has 0 amide bonds. The largest absolute Gasteiger partial charge is 0.424 e. The highest BCUT2D eigenvalue weighted by atomic mass is 16.5. The van der Waals surface area contributed by atoms with Gasteiger partial charge >= 0.3 is 0 Å². The van der Waals surface area contributed by atoms with Crippen molar-refractivity contribution >= 4 is 5.82 Å². The van der Waals surface area contributed by atoms with Gasteiger partial charge in [0, 0.05) is 32.8 Å². The summed E-state index contributed by atoms with van der Waals surface area (Å²) < 4.78 is 11.3. The van der Waals surface area contributed by atoms with Crippen LogP contribution in [0.3, 0.4) is 0 Å². The quantitative estimate of drug-likeness (QED) is 0.876. The van der Waals surface area contributed by atoms with Gasteiger partial charge in [-0.2, -0.15) is 5.10 Å². The Labute approximate surface area is 128 Å². The number of anilines is 1. The van der Waals surface area contributed by atoms with Gasteiger partial charge in [0.1, 0.15) is 5.82 Å². The van der Waals surface area contributed by atoms with E-state index in [0.717, 1.165) is 18.9 Å². The van der Waals surface area contributed by atoms with Crippen molar-refractivity contribution in [3.05, 3.63) is 30.1 Å². The highest BCUT2D eigenvalue weighted by Gasteiger charge is 2.27. The number of aryl methyl sites for hydroxylation is 1. The fraction of sp³-hybridized carbons (Fsp3) is 0.571. The van der Waals surface area contributed by atoms with Crippen LogP contribution in [0.5, 0.6) is 0 Å². The molecular weight excluding hydrogens is 284 g/mol. The number of rotatable bonds is 5. The number of nitrogens with one attached hydrogen (secondary N) is 1. The lowest BCUT2D eigenvalue weighted by Crippen LogP contribution is -2.46. The first-order valence-electron chi connectivity index (χ1n) is 7.39. The first-order chi connectivity index (χ1) is 10.7. The van der Waals surface area contributed by atoms with E-state index in [1.807, 2.05) is 12.1 Å². The smallest absolute Gasteiger partial charge is 0.233 e. The summed E-state index contributed by atoms with van der Waals surface area (Å²) in [5.74, 6) is 2.00. The van der Waals surface area contributed by atoms with Crippen molar-refractivity contribution in [2.45, 2.75) is 26.0 Å². The molecule has 1 N–H and O–H groups in total. The number of morpholine rings is 1. The van der Waals surface area contributed by atoms with Gasteiger partial charge in [-0.15, -0.1) is 15.3 Å². The van der Waals surface area contributed by atoms with Gasteiger partial charge in [-0.3, -0.25) is 4.90 Å². The van der Waals surface area contributed by atoms with Crippen LogP contribution in [0.1, 0.15) is 24.7 Å². The lowest BCUT2D eigenvalue weighted by molar-refractivity contribution is -0.0381. The molecule has 1 aliphatic rings. The third-order valence-electron chi connectivity index (χ3n) is 3.70. The van der Waals surface area contributed by atoms with E-state index in [9.17, 15) is 0 Å². The third-order valence-corrected chi connectivity index (χ3v) is 3.70. The second-order valence-corrected chi connectivity index (χ2v) is 5.31. The Bertz CT molecular complexity index is 590. The lowest BCUT2D eigenvalue weighted by Gasteiger charge is -2.35. The van der Waals surface area contributed by atoms with Gasteiger partial charge < -0.3 is 14.5 Å². The highest BCUT2D eigenvalue weighted by molar-refractivity contribution is 5.31. The minimum atomic E-state index is 0.0854. The summed E-state index contributed by atoms with van der Waals surface area (Å²) in [6.07, 6.45) is 1.74. The van der Waals surface area contributed by atoms with E-state index in [0.29, 0.717) is 24.9 Å². The van der Waals surface area contributed by atoms with Crippen LogP contribution in [-0.2, 0) is 4.74 Å². The Kier molecular flexibility index (Phi) is 4.59. The molecule has 3 rings (SSSR count). The first kappa shape index (κ1) is 14.9. The van der Waals surface area contributed by atoms with Crippen LogP contribution in [0.4, 0.5) is 5.82 Å². The minimum Gasteiger partial charge on any atom is -0.424 e. The summed E-state index contributed by atoms with van der Waals surface area (Å²) in [4.78, 5) is 2.29. The molecule has 118 valence electrons. The molecule has 0 radical (unpaired) electrons. The van der Waals surface area contributed by atoms with Crippen molar-refractivity contribution in [1.82, 2.24) is 25.3 Å². The van der Waals surface area contributed by atoms with Crippen LogP contribution < -0.4 is 5.32 Å². The SMILES string of the molecule is Cc1nnc([C@H](C)N2CCO[C@@H](CNc3cccnn3)C2)o1. The molecule has 0 unspecified atom stereocenters. The van der Waals surface area contributed by atoms with E-state index in [1.165, 1.54) is 0 Å². The van der Waals surface area contributed by atoms with Crippen molar-refractivity contribution in [2.75, 3.05) is 31.6 Å². The fourth-order valence-corrected chi connectivity index (χ4v) is 2.47. The zero-order valence-electron chi connectivity index (χ0n) is 12.8. The second kappa shape index (κ2) is 6.80. The molecule has 3 heterocycles. The Morgan fingerprint density at radius 3 is 3.05 bits per heavy atom. The number of hydrogen-bond acceptors (Lipinski definition) is 8. The normalized spacial score (nSPS) is 20.7. The van der Waals surface area contributed by atoms with Gasteiger partial charge in [-0.05, 0) is 19.1 Å². The molecule has 1 saturated heterocycles. The van der Waals surface area contributed by atoms with Crippen LogP contribution in [0.25, 0.3) is 0 Å². The summed E-state index contributed by atoms with van der Waals surface area (Å²) in [5.41, 5.74) is 0. The molecule has 1 fully saturated rings. The number of ether oxygens (including phenoxy) is 1. The van der Waals surface area contributed by atoms with Gasteiger partial charge in [0.25, 0.3) is 0 Å². The van der Waals surface area contributed by atoms with Gasteiger partial charge in [-0.25, -0.2) is 0 Å². The molecule has 0 bridgehead atoms. The average Bonchev–Trinajstić information content (AvgIpc) is 3.00. The molecule has 1 aliphatic heterocycles. The predicted octanol–water partition coefficient (Wildman–Crippen LogP) is 1.04. The molecule has 0 aromatic carbocycles. The van der Waals surface area contributed by atoms with Gasteiger partial charge in [-0.1, -0.05) is 0 Å². The number of hydrogen-bond donors (Lipinski definition) is 1. The predicted molar refractivity (Wildman–Crippen MR) is 79.3 cm³/mol. The average molecular weight is 304 g/mol. The number of aromatic nitrogens is 4. The van der Waals surface area contributed by atoms with E-state index in [1.54, 1.807) is 13.1 Å². The molecule has 8 heteroatoms. The Hall–Kier alpha value is -2.06. The Morgan fingerprint density at radius 2 is 2.32 bits per heavy atom. The van der Waals surface area contributed by atoms with E-state index in [4.69, 9.17) is 9.15 Å². The standard InChI is InChI=1S/C14H20N6O2/c1-10(14-19-17-11(2)22-14)20-6-7-21-12(9-20)8-15-13-4-3-5-16-18-13/h3-5,10,12H,6-9H2,1-2H3,(H,15,18)/t10-,12-/m0/s1. The maximum absolute atomic E-state index is 5.80. The molecule has 2 aromatic heterocycles. The summed E-state index contributed by atoms with van der Waals surface area (Å²) >= 11 is 0. The van der Waals surface area contributed by atoms with Crippen molar-refractivity contribution < 1.29 is 9.15 Å². The molecule has 2 aromatic rings. The topological polar surface area (TPSA) is 89.2 Å². The summed E-state index contributed by atoms with van der Waals surface area (Å²) in [5, 5.41) is 19.1. The maximum atomic E-state index is 5.80. The van der Waals surface area contributed by atoms with Gasteiger partial charge in [0.2, 0.25) is 11.8 Å². The zero-order valence-corrected chi connectivity index (χ0v) is 12.8. The van der Waals surface area contributed by atoms with Crippen LogP contribution >= 0.6 is 0 Å². The molecular formula is C14H20N6O2. The monoisotopic (exact) mass is 304 g/mol. The van der Waals surface area contributed by atoms with Crippen molar-refractivity contribution in [2.24, 2.45) is 0 Å². The first-order valence-corrected chi connectivity index (χ1v) is 7.39. The van der Waals surface area contributed by atoms with Crippen LogP contribution in [0, 0.1) is 6.92 Å². The zero-order chi connectivity index (χ0) is 15.4. The Morgan fingerprint density at radius 1 is 1.41 bits per heavy atom. The van der Waals surface area contributed by atoms with Crippen molar-refractivity contribution in [3.63, 3.8) is 0 Å². The van der Waals surface area contributed by atoms with Crippen molar-refractivity contribution in [1.29, 1.82) is 0 Å². The highest BCUT2D eigenvalue weighted by Crippen LogP contribution is 2.21. The lowest BCUT2D eigenvalue weighted by atomic mass is 10.2. The molecule has 0 aliphatic carbocycles. The fourth-order valence-electron chi connectivity index (χ4n) is 2.47. The van der Waals surface area contributed by atoms with E-state index in [2.05, 4.69) is 37.5 Å². The maximum Gasteiger partial charge on any atom is 0.233 e. The molecule has 0 spiro atoms. The summed E-state index contributed by atoms with van der Waals surface area (Å²) in [7, 11) is 0. The van der Waals surface area contributed by atoms with E-state index < -0.39 is 0 Å². The second-order valence-electron chi connectivity index (χ2n) is 5.31. The van der Waals surface area contributed by atoms with Crippen LogP contribution in [-0.4, -0.2) is 57.6 Å². The number of nitrogens with zero attached hydrogens (tertiary/aromatic N) is 5. The van der Waals surface area contributed by atoms with Crippen LogP contribution in [0.15, 0.2) is 22.7 Å². The Balaban J connectivity index is 1.55. The summed E-state index contributed by atoms with van der Waals surface area (Å²) in [6, 6.07) is 3.82. The molecule has 8 nitrogen and oxygen atoms in total. The van der Waals surface area contributed by atoms with Gasteiger partial charge in [0.05, 0.1) is 18.8 Å². The third kappa shape index (κ3) is 3.58. The van der Waals surface area contributed by atoms with Crippen LogP contribution in [0.2, 0.25) is 0 Å².